The largest absolute Gasteiger partial charge is 0.288 e. The van der Waals surface area contributed by atoms with Gasteiger partial charge in [-0.1, -0.05) is 48.5 Å². The van der Waals surface area contributed by atoms with Crippen LogP contribution in [0, 0.1) is 0 Å². The first-order chi connectivity index (χ1) is 12.0. The molecule has 0 spiro atoms. The zero-order valence-corrected chi connectivity index (χ0v) is 14.4. The van der Waals surface area contributed by atoms with Gasteiger partial charge >= 0.3 is 0 Å². The molecule has 0 saturated heterocycles. The number of hydrogen-bond donors (Lipinski definition) is 2. The lowest BCUT2D eigenvalue weighted by Crippen LogP contribution is -2.34. The molecule has 6 heteroatoms. The molecule has 3 rings (SSSR count). The molecular weight excluding hydrogens is 338 g/mol. The van der Waals surface area contributed by atoms with Crippen molar-refractivity contribution >= 4 is 15.7 Å². The Morgan fingerprint density at radius 2 is 1.64 bits per heavy atom. The van der Waals surface area contributed by atoms with Gasteiger partial charge in [-0.25, -0.2) is 13.9 Å². The van der Waals surface area contributed by atoms with Crippen molar-refractivity contribution in [1.29, 1.82) is 0 Å². The average Bonchev–Trinajstić information content (AvgIpc) is 2.68. The van der Waals surface area contributed by atoms with Crippen LogP contribution in [0.4, 0.5) is 0 Å². The van der Waals surface area contributed by atoms with E-state index in [0.717, 1.165) is 11.1 Å². The van der Waals surface area contributed by atoms with Crippen LogP contribution in [-0.2, 0) is 14.6 Å². The number of benzene rings is 2. The first-order valence-electron chi connectivity index (χ1n) is 8.08. The van der Waals surface area contributed by atoms with Gasteiger partial charge in [-0.05, 0) is 42.5 Å². The van der Waals surface area contributed by atoms with Crippen LogP contribution in [0.2, 0.25) is 0 Å². The van der Waals surface area contributed by atoms with E-state index in [-0.39, 0.29) is 10.5 Å². The number of amides is 1. The maximum atomic E-state index is 13.0. The van der Waals surface area contributed by atoms with Crippen LogP contribution in [0.1, 0.15) is 19.3 Å². The van der Waals surface area contributed by atoms with E-state index in [1.165, 1.54) is 0 Å². The molecule has 0 bridgehead atoms. The number of hydrogen-bond acceptors (Lipinski definition) is 4. The molecule has 2 N–H and O–H groups in total. The molecule has 0 aromatic heterocycles. The monoisotopic (exact) mass is 357 g/mol. The fraction of sp³-hybridized carbons (Fsp3) is 0.211. The second-order valence-electron chi connectivity index (χ2n) is 5.96. The molecule has 0 aliphatic heterocycles. The smallest absolute Gasteiger partial charge is 0.271 e. The molecule has 1 atom stereocenters. The number of carbonyl (C=O) groups is 1. The van der Waals surface area contributed by atoms with Crippen molar-refractivity contribution in [3.8, 4) is 11.1 Å². The Kier molecular flexibility index (Phi) is 5.01. The van der Waals surface area contributed by atoms with Crippen molar-refractivity contribution in [1.82, 2.24) is 5.48 Å². The van der Waals surface area contributed by atoms with Gasteiger partial charge in [0.25, 0.3) is 5.91 Å². The minimum Gasteiger partial charge on any atom is -0.288 e. The van der Waals surface area contributed by atoms with Gasteiger partial charge in [-0.3, -0.25) is 10.0 Å². The summed E-state index contributed by atoms with van der Waals surface area (Å²) in [5.41, 5.74) is 3.59. The molecule has 0 saturated carbocycles. The normalized spacial score (nSPS) is 17.6. The highest BCUT2D eigenvalue weighted by Gasteiger charge is 2.35. The molecule has 25 heavy (non-hydrogen) atoms. The van der Waals surface area contributed by atoms with E-state index in [4.69, 9.17) is 5.21 Å². The lowest BCUT2D eigenvalue weighted by Gasteiger charge is -2.23. The summed E-state index contributed by atoms with van der Waals surface area (Å²) in [4.78, 5) is 12.0. The topological polar surface area (TPSA) is 83.5 Å². The van der Waals surface area contributed by atoms with Crippen molar-refractivity contribution < 1.29 is 18.4 Å². The summed E-state index contributed by atoms with van der Waals surface area (Å²) in [6.07, 6.45) is 3.27. The highest BCUT2D eigenvalue weighted by Crippen LogP contribution is 2.31. The summed E-state index contributed by atoms with van der Waals surface area (Å²) < 4.78 is 25.9. The SMILES string of the molecule is O=C(NO)C1=CCCCC1S(=O)(=O)c1ccc(-c2ccccc2)cc1. The van der Waals surface area contributed by atoms with Crippen molar-refractivity contribution in [2.75, 3.05) is 0 Å². The van der Waals surface area contributed by atoms with Crippen molar-refractivity contribution in [3.63, 3.8) is 0 Å². The highest BCUT2D eigenvalue weighted by molar-refractivity contribution is 7.92. The number of carbonyl (C=O) groups excluding carboxylic acids is 1. The summed E-state index contributed by atoms with van der Waals surface area (Å²) in [6.45, 7) is 0. The van der Waals surface area contributed by atoms with Gasteiger partial charge in [0.1, 0.15) is 0 Å². The minimum absolute atomic E-state index is 0.112. The van der Waals surface area contributed by atoms with Crippen molar-refractivity contribution in [3.05, 3.63) is 66.2 Å². The maximum Gasteiger partial charge on any atom is 0.271 e. The van der Waals surface area contributed by atoms with Crippen molar-refractivity contribution in [2.24, 2.45) is 0 Å². The second kappa shape index (κ2) is 7.21. The van der Waals surface area contributed by atoms with Crippen LogP contribution in [-0.4, -0.2) is 24.8 Å². The van der Waals surface area contributed by atoms with Gasteiger partial charge in [0, 0.05) is 5.57 Å². The number of hydroxylamine groups is 1. The van der Waals surface area contributed by atoms with E-state index in [1.807, 2.05) is 30.3 Å². The van der Waals surface area contributed by atoms with Gasteiger partial charge < -0.3 is 0 Å². The van der Waals surface area contributed by atoms with Crippen LogP contribution in [0.3, 0.4) is 0 Å². The van der Waals surface area contributed by atoms with Gasteiger partial charge in [0.05, 0.1) is 10.1 Å². The van der Waals surface area contributed by atoms with Crippen LogP contribution in [0.25, 0.3) is 11.1 Å². The molecule has 0 heterocycles. The van der Waals surface area contributed by atoms with E-state index in [9.17, 15) is 13.2 Å². The van der Waals surface area contributed by atoms with E-state index < -0.39 is 21.0 Å². The zero-order chi connectivity index (χ0) is 17.9. The first-order valence-corrected chi connectivity index (χ1v) is 9.62. The molecular formula is C19H19NO4S. The summed E-state index contributed by atoms with van der Waals surface area (Å²) >= 11 is 0. The van der Waals surface area contributed by atoms with Gasteiger partial charge in [0.15, 0.2) is 9.84 Å². The van der Waals surface area contributed by atoms with Crippen LogP contribution >= 0.6 is 0 Å². The first kappa shape index (κ1) is 17.4. The van der Waals surface area contributed by atoms with Crippen LogP contribution in [0.5, 0.6) is 0 Å². The lowest BCUT2D eigenvalue weighted by molar-refractivity contribution is -0.125. The molecule has 5 nitrogen and oxygen atoms in total. The Bertz CT molecular complexity index is 887. The number of rotatable bonds is 4. The van der Waals surface area contributed by atoms with Gasteiger partial charge in [0.2, 0.25) is 0 Å². The van der Waals surface area contributed by atoms with E-state index in [2.05, 4.69) is 0 Å². The van der Waals surface area contributed by atoms with E-state index in [1.54, 1.807) is 35.8 Å². The fourth-order valence-electron chi connectivity index (χ4n) is 3.11. The van der Waals surface area contributed by atoms with Crippen LogP contribution in [0.15, 0.2) is 71.1 Å². The molecule has 130 valence electrons. The Hall–Kier alpha value is -2.44. The van der Waals surface area contributed by atoms with Crippen LogP contribution < -0.4 is 5.48 Å². The number of nitrogens with one attached hydrogen (secondary N) is 1. The highest BCUT2D eigenvalue weighted by atomic mass is 32.2. The number of sulfone groups is 1. The number of allylic oxidation sites excluding steroid dienone is 1. The quantitative estimate of drug-likeness (QED) is 0.650. The zero-order valence-electron chi connectivity index (χ0n) is 13.6. The Morgan fingerprint density at radius 1 is 1.00 bits per heavy atom. The molecule has 1 aliphatic carbocycles. The van der Waals surface area contributed by atoms with E-state index in [0.29, 0.717) is 19.3 Å². The Labute approximate surface area is 146 Å². The minimum atomic E-state index is -3.71. The molecule has 1 aliphatic rings. The van der Waals surface area contributed by atoms with Gasteiger partial charge in [-0.15, -0.1) is 0 Å². The summed E-state index contributed by atoms with van der Waals surface area (Å²) in [6, 6.07) is 16.3. The molecule has 0 radical (unpaired) electrons. The third-order valence-corrected chi connectivity index (χ3v) is 6.58. The summed E-state index contributed by atoms with van der Waals surface area (Å²) in [5.74, 6) is -0.755. The fourth-order valence-corrected chi connectivity index (χ4v) is 4.96. The summed E-state index contributed by atoms with van der Waals surface area (Å²) in [5, 5.41) is 7.93. The average molecular weight is 357 g/mol. The Balaban J connectivity index is 1.93. The second-order valence-corrected chi connectivity index (χ2v) is 8.09. The third kappa shape index (κ3) is 3.50. The molecule has 2 aromatic rings. The molecule has 1 amide bonds. The van der Waals surface area contributed by atoms with Gasteiger partial charge in [-0.2, -0.15) is 0 Å². The maximum absolute atomic E-state index is 13.0. The summed E-state index contributed by atoms with van der Waals surface area (Å²) in [7, 11) is -3.71. The third-order valence-electron chi connectivity index (χ3n) is 4.41. The molecule has 0 fully saturated rings. The molecule has 1 unspecified atom stereocenters. The van der Waals surface area contributed by atoms with Crippen molar-refractivity contribution in [2.45, 2.75) is 29.4 Å². The molecule has 2 aromatic carbocycles. The van der Waals surface area contributed by atoms with E-state index >= 15 is 0 Å². The lowest BCUT2D eigenvalue weighted by atomic mass is 9.98. The predicted octanol–water partition coefficient (Wildman–Crippen LogP) is 3.11. The standard InChI is InChI=1S/C19H19NO4S/c21-19(20-22)17-8-4-5-9-18(17)25(23,24)16-12-10-15(11-13-16)14-6-2-1-3-7-14/h1-3,6-8,10-13,18,22H,4-5,9H2,(H,20,21). The Morgan fingerprint density at radius 3 is 2.28 bits per heavy atom. The predicted molar refractivity (Wildman–Crippen MR) is 94.7 cm³/mol.